The Bertz CT molecular complexity index is 1490. The molecule has 1 aliphatic rings. The van der Waals surface area contributed by atoms with E-state index in [9.17, 15) is 18.4 Å². The van der Waals surface area contributed by atoms with Gasteiger partial charge in [0.15, 0.2) is 17.3 Å². The fourth-order valence-electron chi connectivity index (χ4n) is 4.50. The summed E-state index contributed by atoms with van der Waals surface area (Å²) in [5.41, 5.74) is 3.02. The largest absolute Gasteiger partial charge is 0.464 e. The van der Waals surface area contributed by atoms with Crippen LogP contribution in [-0.4, -0.2) is 33.5 Å². The van der Waals surface area contributed by atoms with Crippen LogP contribution in [0.15, 0.2) is 54.9 Å². The summed E-state index contributed by atoms with van der Waals surface area (Å²) in [5, 5.41) is 6.69. The van der Waals surface area contributed by atoms with E-state index in [0.717, 1.165) is 37.1 Å². The van der Waals surface area contributed by atoms with Crippen LogP contribution in [0, 0.1) is 17.6 Å². The highest BCUT2D eigenvalue weighted by atomic mass is 19.2. The van der Waals surface area contributed by atoms with Crippen LogP contribution in [0.2, 0.25) is 0 Å². The van der Waals surface area contributed by atoms with Crippen LogP contribution in [0.1, 0.15) is 41.0 Å². The molecule has 38 heavy (non-hydrogen) atoms. The number of esters is 1. The number of hydrogen-bond donors (Lipinski definition) is 2. The monoisotopic (exact) mass is 519 g/mol. The lowest BCUT2D eigenvalue weighted by Crippen LogP contribution is -2.29. The summed E-state index contributed by atoms with van der Waals surface area (Å²) in [7, 11) is 1.29. The first-order chi connectivity index (χ1) is 18.4. The molecule has 0 spiro atoms. The molecule has 1 saturated carbocycles. The molecule has 0 radical (unpaired) electrons. The maximum atomic E-state index is 13.6. The number of halogens is 2. The molecule has 1 fully saturated rings. The number of methoxy groups -OCH3 is 1. The molecule has 196 valence electrons. The minimum atomic E-state index is -0.924. The molecule has 2 N–H and O–H groups in total. The van der Waals surface area contributed by atoms with Gasteiger partial charge in [-0.2, -0.15) is 0 Å². The molecule has 10 heteroatoms. The van der Waals surface area contributed by atoms with Gasteiger partial charge in [-0.25, -0.2) is 18.6 Å². The van der Waals surface area contributed by atoms with E-state index in [0.29, 0.717) is 40.9 Å². The number of rotatable bonds is 9. The second-order valence-corrected chi connectivity index (χ2v) is 9.25. The fourth-order valence-corrected chi connectivity index (χ4v) is 4.50. The van der Waals surface area contributed by atoms with Gasteiger partial charge in [0.05, 0.1) is 24.7 Å². The summed E-state index contributed by atoms with van der Waals surface area (Å²) in [6.07, 6.45) is 6.43. The standard InChI is InChI=1S/C28H27F2N5O3/c1-38-28(37)25-24(34-27(36)18-5-4-6-18)21-14-20(32-15-17-8-9-22(29)23(30)13-17)16-33-26(21)35(25)12-10-19-7-2-3-11-31-19/h2-3,7-9,11,13-14,16,18,32H,4-6,10,12,15H2,1H3,(H,34,36). The van der Waals surface area contributed by atoms with Gasteiger partial charge in [0.25, 0.3) is 0 Å². The number of benzene rings is 1. The molecule has 5 rings (SSSR count). The first-order valence-corrected chi connectivity index (χ1v) is 12.4. The summed E-state index contributed by atoms with van der Waals surface area (Å²) in [6.45, 7) is 0.601. The van der Waals surface area contributed by atoms with Crippen molar-refractivity contribution >= 4 is 34.3 Å². The van der Waals surface area contributed by atoms with Gasteiger partial charge in [0, 0.05) is 42.7 Å². The maximum Gasteiger partial charge on any atom is 0.356 e. The lowest BCUT2D eigenvalue weighted by molar-refractivity contribution is -0.122. The van der Waals surface area contributed by atoms with Crippen molar-refractivity contribution in [2.45, 2.75) is 38.8 Å². The molecule has 0 unspecified atom stereocenters. The SMILES string of the molecule is COC(=O)c1c(NC(=O)C2CCC2)c2cc(NCc3ccc(F)c(F)c3)cnc2n1CCc1ccccn1. The Hall–Kier alpha value is -4.34. The van der Waals surface area contributed by atoms with Gasteiger partial charge in [0.2, 0.25) is 5.91 Å². The summed E-state index contributed by atoms with van der Waals surface area (Å²) < 4.78 is 33.8. The minimum absolute atomic E-state index is 0.102. The second-order valence-electron chi connectivity index (χ2n) is 9.25. The Balaban J connectivity index is 1.53. The molecular formula is C28H27F2N5O3. The Morgan fingerprint density at radius 1 is 1.11 bits per heavy atom. The van der Waals surface area contributed by atoms with Crippen molar-refractivity contribution in [1.82, 2.24) is 14.5 Å². The van der Waals surface area contributed by atoms with E-state index < -0.39 is 17.6 Å². The van der Waals surface area contributed by atoms with E-state index in [1.807, 2.05) is 18.2 Å². The number of pyridine rings is 2. The normalized spacial score (nSPS) is 13.2. The topological polar surface area (TPSA) is 98.1 Å². The van der Waals surface area contributed by atoms with Crippen LogP contribution in [-0.2, 0) is 29.0 Å². The molecular weight excluding hydrogens is 492 g/mol. The third-order valence-electron chi connectivity index (χ3n) is 6.80. The van der Waals surface area contributed by atoms with Crippen molar-refractivity contribution in [2.75, 3.05) is 17.7 Å². The van der Waals surface area contributed by atoms with E-state index in [-0.39, 0.29) is 24.1 Å². The van der Waals surface area contributed by atoms with Gasteiger partial charge in [0.1, 0.15) is 5.65 Å². The van der Waals surface area contributed by atoms with Crippen molar-refractivity contribution in [3.63, 3.8) is 0 Å². The summed E-state index contributed by atoms with van der Waals surface area (Å²) >= 11 is 0. The van der Waals surface area contributed by atoms with Gasteiger partial charge >= 0.3 is 5.97 Å². The number of aromatic nitrogens is 3. The van der Waals surface area contributed by atoms with Crippen molar-refractivity contribution in [1.29, 1.82) is 0 Å². The predicted octanol–water partition coefficient (Wildman–Crippen LogP) is 5.09. The average Bonchev–Trinajstić information content (AvgIpc) is 3.19. The summed E-state index contributed by atoms with van der Waals surface area (Å²) in [4.78, 5) is 34.9. The highest BCUT2D eigenvalue weighted by Crippen LogP contribution is 2.35. The quantitative estimate of drug-likeness (QED) is 0.299. The maximum absolute atomic E-state index is 13.6. The summed E-state index contributed by atoms with van der Waals surface area (Å²) in [6, 6.07) is 11.1. The van der Waals surface area contributed by atoms with Crippen LogP contribution in [0.5, 0.6) is 0 Å². The highest BCUT2D eigenvalue weighted by Gasteiger charge is 2.30. The highest BCUT2D eigenvalue weighted by molar-refractivity contribution is 6.11. The lowest BCUT2D eigenvalue weighted by Gasteiger charge is -2.24. The fraction of sp³-hybridized carbons (Fsp3) is 0.286. The average molecular weight is 520 g/mol. The molecule has 1 amide bonds. The smallest absolute Gasteiger partial charge is 0.356 e. The summed E-state index contributed by atoms with van der Waals surface area (Å²) in [5.74, 6) is -2.68. The van der Waals surface area contributed by atoms with Crippen LogP contribution in [0.3, 0.4) is 0 Å². The molecule has 0 saturated heterocycles. The van der Waals surface area contributed by atoms with E-state index >= 15 is 0 Å². The number of hydrogen-bond acceptors (Lipinski definition) is 6. The number of carbonyl (C=O) groups excluding carboxylic acids is 2. The number of carbonyl (C=O) groups is 2. The number of anilines is 2. The van der Waals surface area contributed by atoms with Gasteiger partial charge in [-0.3, -0.25) is 9.78 Å². The number of aryl methyl sites for hydroxylation is 2. The Kier molecular flexibility index (Phi) is 7.30. The Morgan fingerprint density at radius 2 is 1.95 bits per heavy atom. The molecule has 3 aromatic heterocycles. The van der Waals surface area contributed by atoms with Crippen molar-refractivity contribution < 1.29 is 23.1 Å². The van der Waals surface area contributed by atoms with Gasteiger partial charge in [-0.15, -0.1) is 0 Å². The first kappa shape index (κ1) is 25.3. The molecule has 8 nitrogen and oxygen atoms in total. The zero-order valence-electron chi connectivity index (χ0n) is 20.8. The third-order valence-corrected chi connectivity index (χ3v) is 6.80. The second kappa shape index (κ2) is 11.0. The predicted molar refractivity (Wildman–Crippen MR) is 139 cm³/mol. The van der Waals surface area contributed by atoms with Crippen molar-refractivity contribution in [2.24, 2.45) is 5.92 Å². The molecule has 0 aliphatic heterocycles. The first-order valence-electron chi connectivity index (χ1n) is 12.4. The van der Waals surface area contributed by atoms with Crippen LogP contribution in [0.25, 0.3) is 11.0 Å². The van der Waals surface area contributed by atoms with Gasteiger partial charge in [-0.1, -0.05) is 18.6 Å². The number of fused-ring (bicyclic) bond motifs is 1. The minimum Gasteiger partial charge on any atom is -0.464 e. The number of nitrogens with zero attached hydrogens (tertiary/aromatic N) is 3. The number of amides is 1. The Morgan fingerprint density at radius 3 is 2.63 bits per heavy atom. The lowest BCUT2D eigenvalue weighted by atomic mass is 9.85. The molecule has 1 aliphatic carbocycles. The van der Waals surface area contributed by atoms with E-state index in [1.165, 1.54) is 13.2 Å². The molecule has 1 aromatic carbocycles. The van der Waals surface area contributed by atoms with E-state index in [2.05, 4.69) is 20.6 Å². The zero-order chi connectivity index (χ0) is 26.6. The molecule has 4 aromatic rings. The molecule has 0 atom stereocenters. The molecule has 0 bridgehead atoms. The van der Waals surface area contributed by atoms with Crippen molar-refractivity contribution in [3.05, 3.63) is 83.4 Å². The van der Waals surface area contributed by atoms with Gasteiger partial charge in [-0.05, 0) is 48.7 Å². The van der Waals surface area contributed by atoms with Crippen LogP contribution in [0.4, 0.5) is 20.2 Å². The van der Waals surface area contributed by atoms with Gasteiger partial charge < -0.3 is 19.9 Å². The third kappa shape index (κ3) is 5.20. The zero-order valence-corrected chi connectivity index (χ0v) is 20.8. The molecule has 3 heterocycles. The number of nitrogens with one attached hydrogen (secondary N) is 2. The Labute approximate surface area is 218 Å². The van der Waals surface area contributed by atoms with Crippen LogP contribution < -0.4 is 10.6 Å². The van der Waals surface area contributed by atoms with Crippen LogP contribution >= 0.6 is 0 Å². The van der Waals surface area contributed by atoms with Crippen molar-refractivity contribution in [3.8, 4) is 0 Å². The number of ether oxygens (including phenoxy) is 1. The van der Waals surface area contributed by atoms with E-state index in [1.54, 1.807) is 23.0 Å². The van der Waals surface area contributed by atoms with E-state index in [4.69, 9.17) is 4.74 Å².